The number of rotatable bonds is 3. The molecule has 1 aliphatic heterocycles. The van der Waals surface area contributed by atoms with Gasteiger partial charge in [0, 0.05) is 43.5 Å². The molecule has 3 aromatic rings. The number of furan rings is 1. The zero-order chi connectivity index (χ0) is 18.8. The average molecular weight is 493 g/mol. The highest BCUT2D eigenvalue weighted by molar-refractivity contribution is 14.0. The molecule has 3 heterocycles. The number of hydrogen-bond donors (Lipinski definition) is 1. The van der Waals surface area contributed by atoms with Gasteiger partial charge in [-0.05, 0) is 25.3 Å². The van der Waals surface area contributed by atoms with Gasteiger partial charge in [-0.15, -0.1) is 24.0 Å². The number of halogens is 1. The maximum absolute atomic E-state index is 6.03. The van der Waals surface area contributed by atoms with E-state index < -0.39 is 0 Å². The van der Waals surface area contributed by atoms with Gasteiger partial charge < -0.3 is 19.2 Å². The van der Waals surface area contributed by atoms with Gasteiger partial charge in [-0.1, -0.05) is 25.1 Å². The highest BCUT2D eigenvalue weighted by Gasteiger charge is 2.29. The van der Waals surface area contributed by atoms with E-state index in [-0.39, 0.29) is 24.0 Å². The van der Waals surface area contributed by atoms with Crippen LogP contribution in [0.4, 0.5) is 0 Å². The number of nitrogens with one attached hydrogen (secondary N) is 1. The maximum Gasteiger partial charge on any atom is 0.194 e. The van der Waals surface area contributed by atoms with Crippen molar-refractivity contribution in [3.05, 3.63) is 54.3 Å². The Balaban J connectivity index is 0.00000225. The van der Waals surface area contributed by atoms with Crippen molar-refractivity contribution in [3.63, 3.8) is 0 Å². The molecule has 2 unspecified atom stereocenters. The van der Waals surface area contributed by atoms with E-state index in [1.54, 1.807) is 0 Å². The summed E-state index contributed by atoms with van der Waals surface area (Å²) in [6.45, 7) is 7.00. The van der Waals surface area contributed by atoms with Crippen LogP contribution in [0.3, 0.4) is 0 Å². The van der Waals surface area contributed by atoms with Crippen LogP contribution in [0, 0.1) is 12.8 Å². The number of fused-ring (bicyclic) bond motifs is 1. The lowest BCUT2D eigenvalue weighted by atomic mass is 9.93. The van der Waals surface area contributed by atoms with Crippen LogP contribution in [0.2, 0.25) is 0 Å². The summed E-state index contributed by atoms with van der Waals surface area (Å²) in [6, 6.07) is 8.59. The van der Waals surface area contributed by atoms with E-state index in [1.807, 2.05) is 37.8 Å². The van der Waals surface area contributed by atoms with Gasteiger partial charge in [0.1, 0.15) is 11.3 Å². The third kappa shape index (κ3) is 4.04. The quantitative estimate of drug-likeness (QED) is 0.338. The van der Waals surface area contributed by atoms with E-state index >= 15 is 0 Å². The Kier molecular flexibility index (Phi) is 6.64. The summed E-state index contributed by atoms with van der Waals surface area (Å²) < 4.78 is 8.25. The lowest BCUT2D eigenvalue weighted by molar-refractivity contribution is 0.188. The van der Waals surface area contributed by atoms with Crippen LogP contribution in [0.15, 0.2) is 52.4 Å². The van der Waals surface area contributed by atoms with Crippen LogP contribution in [0.5, 0.6) is 0 Å². The Morgan fingerprint density at radius 3 is 2.89 bits per heavy atom. The first-order valence-electron chi connectivity index (χ1n) is 9.57. The van der Waals surface area contributed by atoms with Crippen molar-refractivity contribution in [1.29, 1.82) is 0 Å². The fourth-order valence-electron chi connectivity index (χ4n) is 3.98. The van der Waals surface area contributed by atoms with Gasteiger partial charge >= 0.3 is 0 Å². The first-order valence-corrected chi connectivity index (χ1v) is 9.57. The second-order valence-electron chi connectivity index (χ2n) is 7.34. The largest absolute Gasteiger partial charge is 0.459 e. The fraction of sp³-hybridized carbons (Fsp3) is 0.429. The number of para-hydroxylation sites is 1. The van der Waals surface area contributed by atoms with Crippen molar-refractivity contribution in [2.24, 2.45) is 10.9 Å². The Morgan fingerprint density at radius 1 is 1.36 bits per heavy atom. The number of hydrogen-bond acceptors (Lipinski definition) is 3. The number of imidazole rings is 1. The number of aromatic nitrogens is 2. The zero-order valence-electron chi connectivity index (χ0n) is 16.6. The summed E-state index contributed by atoms with van der Waals surface area (Å²) in [4.78, 5) is 11.1. The normalized spacial score (nSPS) is 20.2. The van der Waals surface area contributed by atoms with Crippen LogP contribution in [0.25, 0.3) is 11.0 Å². The second kappa shape index (κ2) is 8.98. The van der Waals surface area contributed by atoms with E-state index in [9.17, 15) is 0 Å². The van der Waals surface area contributed by atoms with Gasteiger partial charge in [0.25, 0.3) is 0 Å². The molecule has 6 nitrogen and oxygen atoms in total. The van der Waals surface area contributed by atoms with Crippen molar-refractivity contribution in [2.45, 2.75) is 32.9 Å². The molecular weight excluding hydrogens is 465 g/mol. The van der Waals surface area contributed by atoms with E-state index in [4.69, 9.17) is 4.42 Å². The molecule has 4 rings (SSSR count). The Morgan fingerprint density at radius 2 is 2.18 bits per heavy atom. The van der Waals surface area contributed by atoms with Gasteiger partial charge in [-0.25, -0.2) is 4.98 Å². The zero-order valence-corrected chi connectivity index (χ0v) is 19.0. The van der Waals surface area contributed by atoms with E-state index in [2.05, 4.69) is 50.9 Å². The molecule has 0 aliphatic carbocycles. The van der Waals surface area contributed by atoms with Gasteiger partial charge in [0.2, 0.25) is 0 Å². The molecule has 0 saturated carbocycles. The number of aliphatic imine (C=N–C) groups is 1. The molecular formula is C21H28IN5O. The van der Waals surface area contributed by atoms with Crippen molar-refractivity contribution in [1.82, 2.24) is 19.8 Å². The summed E-state index contributed by atoms with van der Waals surface area (Å²) in [5.74, 6) is 2.51. The maximum atomic E-state index is 6.03. The molecule has 2 atom stereocenters. The topological polar surface area (TPSA) is 58.6 Å². The first kappa shape index (κ1) is 20.7. The molecule has 0 spiro atoms. The molecule has 28 heavy (non-hydrogen) atoms. The van der Waals surface area contributed by atoms with Gasteiger partial charge in [0.15, 0.2) is 5.96 Å². The molecule has 7 heteroatoms. The number of likely N-dealkylation sites (tertiary alicyclic amines) is 1. The molecule has 1 aromatic carbocycles. The van der Waals surface area contributed by atoms with Crippen LogP contribution in [-0.4, -0.2) is 40.5 Å². The number of aryl methyl sites for hydroxylation is 1. The highest BCUT2D eigenvalue weighted by atomic mass is 127. The summed E-state index contributed by atoms with van der Waals surface area (Å²) in [7, 11) is 1.85. The summed E-state index contributed by atoms with van der Waals surface area (Å²) >= 11 is 0. The van der Waals surface area contributed by atoms with Crippen LogP contribution >= 0.6 is 24.0 Å². The summed E-state index contributed by atoms with van der Waals surface area (Å²) in [5.41, 5.74) is 2.13. The number of benzene rings is 1. The van der Waals surface area contributed by atoms with Crippen molar-refractivity contribution in [2.75, 3.05) is 20.1 Å². The van der Waals surface area contributed by atoms with Gasteiger partial charge in [-0.2, -0.15) is 0 Å². The van der Waals surface area contributed by atoms with Crippen molar-refractivity contribution in [3.8, 4) is 0 Å². The van der Waals surface area contributed by atoms with Gasteiger partial charge in [0.05, 0.1) is 18.9 Å². The molecule has 1 saturated heterocycles. The van der Waals surface area contributed by atoms with E-state index in [0.29, 0.717) is 18.5 Å². The van der Waals surface area contributed by atoms with Gasteiger partial charge in [-0.3, -0.25) is 4.99 Å². The average Bonchev–Trinajstić information content (AvgIpc) is 3.32. The smallest absolute Gasteiger partial charge is 0.194 e. The Hall–Kier alpha value is -2.03. The number of nitrogens with zero attached hydrogens (tertiary/aromatic N) is 4. The van der Waals surface area contributed by atoms with Crippen molar-refractivity contribution >= 4 is 40.9 Å². The SMILES string of the molecule is CN=C(NCc1oc2ccccc2c1C)N1CCC(C)C(n2ccnc2)C1.I. The third-order valence-corrected chi connectivity index (χ3v) is 5.69. The lowest BCUT2D eigenvalue weighted by Gasteiger charge is -2.39. The van der Waals surface area contributed by atoms with E-state index in [1.165, 1.54) is 10.9 Å². The Bertz CT molecular complexity index is 934. The first-order chi connectivity index (χ1) is 13.2. The fourth-order valence-corrected chi connectivity index (χ4v) is 3.98. The minimum atomic E-state index is 0. The summed E-state index contributed by atoms with van der Waals surface area (Å²) in [5, 5.41) is 4.67. The molecule has 0 radical (unpaired) electrons. The molecule has 0 bridgehead atoms. The predicted molar refractivity (Wildman–Crippen MR) is 123 cm³/mol. The summed E-state index contributed by atoms with van der Waals surface area (Å²) in [6.07, 6.45) is 6.95. The highest BCUT2D eigenvalue weighted by Crippen LogP contribution is 2.28. The number of guanidine groups is 1. The predicted octanol–water partition coefficient (Wildman–Crippen LogP) is 4.21. The van der Waals surface area contributed by atoms with Crippen LogP contribution < -0.4 is 5.32 Å². The van der Waals surface area contributed by atoms with Crippen molar-refractivity contribution < 1.29 is 4.42 Å². The molecule has 150 valence electrons. The third-order valence-electron chi connectivity index (χ3n) is 5.69. The monoisotopic (exact) mass is 493 g/mol. The van der Waals surface area contributed by atoms with Crippen LogP contribution in [0.1, 0.15) is 30.7 Å². The minimum Gasteiger partial charge on any atom is -0.459 e. The minimum absolute atomic E-state index is 0. The van der Waals surface area contributed by atoms with E-state index in [0.717, 1.165) is 36.8 Å². The lowest BCUT2D eigenvalue weighted by Crippen LogP contribution is -2.48. The molecule has 1 fully saturated rings. The van der Waals surface area contributed by atoms with Crippen LogP contribution in [-0.2, 0) is 6.54 Å². The standard InChI is InChI=1S/C21H27N5O.HI/c1-15-8-10-25(13-18(15)26-11-9-23-14-26)21(22-3)24-12-20-16(2)17-6-4-5-7-19(17)27-20;/h4-7,9,11,14-15,18H,8,10,12-13H2,1-3H3,(H,22,24);1H. The molecule has 2 aromatic heterocycles. The molecule has 0 amide bonds. The Labute approximate surface area is 183 Å². The molecule has 1 aliphatic rings. The molecule has 1 N–H and O–H groups in total. The number of piperidine rings is 1. The second-order valence-corrected chi connectivity index (χ2v) is 7.34.